The van der Waals surface area contributed by atoms with Crippen LogP contribution in [0.5, 0.6) is 0 Å². The van der Waals surface area contributed by atoms with Crippen LogP contribution in [0.4, 0.5) is 0 Å². The van der Waals surface area contributed by atoms with Crippen LogP contribution in [0.25, 0.3) is 0 Å². The monoisotopic (exact) mass is 436 g/mol. The first-order valence-corrected chi connectivity index (χ1v) is 12.6. The van der Waals surface area contributed by atoms with Gasteiger partial charge in [-0.2, -0.15) is 0 Å². The summed E-state index contributed by atoms with van der Waals surface area (Å²) in [5.74, 6) is -0.276. The number of esters is 1. The lowest BCUT2D eigenvalue weighted by atomic mass is 10.0. The van der Waals surface area contributed by atoms with Crippen molar-refractivity contribution in [2.24, 2.45) is 0 Å². The summed E-state index contributed by atoms with van der Waals surface area (Å²) in [5.41, 5.74) is 0. The molecule has 0 aromatic carbocycles. The van der Waals surface area contributed by atoms with E-state index in [2.05, 4.69) is 6.92 Å². The predicted octanol–water partition coefficient (Wildman–Crippen LogP) is 3.53. The average molecular weight is 437 g/mol. The summed E-state index contributed by atoms with van der Waals surface area (Å²) in [5, 5.41) is 17.7. The van der Waals surface area contributed by atoms with Crippen molar-refractivity contribution in [2.75, 3.05) is 13.2 Å². The molecule has 0 aliphatic heterocycles. The number of unbranched alkanes of at least 4 members (excludes halogenated alkanes) is 14. The Labute approximate surface area is 178 Å². The zero-order valence-corrected chi connectivity index (χ0v) is 19.3. The molecule has 1 unspecified atom stereocenters. The summed E-state index contributed by atoms with van der Waals surface area (Å²) in [6, 6.07) is 0. The van der Waals surface area contributed by atoms with E-state index in [4.69, 9.17) is 29.0 Å². The number of hydrogen-bond donors (Lipinski definition) is 4. The van der Waals surface area contributed by atoms with Gasteiger partial charge in [0.15, 0.2) is 0 Å². The lowest BCUT2D eigenvalue weighted by Gasteiger charge is -2.08. The average Bonchev–Trinajstić information content (AvgIpc) is 2.68. The van der Waals surface area contributed by atoms with E-state index >= 15 is 0 Å². The van der Waals surface area contributed by atoms with Crippen LogP contribution >= 0.6 is 0 Å². The number of hydrogen-bond acceptors (Lipinski definition) is 5. The molecule has 4 N–H and O–H groups in total. The molecule has 0 saturated heterocycles. The Kier molecular flexibility index (Phi) is 26.1. The van der Waals surface area contributed by atoms with Crippen molar-refractivity contribution in [3.63, 3.8) is 0 Å². The first-order chi connectivity index (χ1) is 13.9. The molecular formula is C21H44O7Si. The molecule has 0 heterocycles. The van der Waals surface area contributed by atoms with Crippen molar-refractivity contribution >= 4 is 15.1 Å². The van der Waals surface area contributed by atoms with Crippen molar-refractivity contribution < 1.29 is 33.8 Å². The second kappa shape index (κ2) is 25.0. The van der Waals surface area contributed by atoms with Gasteiger partial charge in [0.2, 0.25) is 0 Å². The topological polar surface area (TPSA) is 124 Å². The molecule has 0 aliphatic rings. The fourth-order valence-corrected chi connectivity index (χ4v) is 2.95. The highest BCUT2D eigenvalue weighted by molar-refractivity contribution is 6.22. The minimum atomic E-state index is -3.13. The van der Waals surface area contributed by atoms with Crippen LogP contribution in [0, 0.1) is 0 Å². The lowest BCUT2D eigenvalue weighted by molar-refractivity contribution is -0.147. The summed E-state index contributed by atoms with van der Waals surface area (Å²) in [4.78, 5) is 25.7. The van der Waals surface area contributed by atoms with E-state index in [1.165, 1.54) is 83.5 Å². The van der Waals surface area contributed by atoms with Crippen molar-refractivity contribution in [2.45, 2.75) is 116 Å². The Balaban J connectivity index is 0. The molecule has 174 valence electrons. The number of aliphatic hydroxyl groups excluding tert-OH is 2. The smallest absolute Gasteiger partial charge is 0.511 e. The first kappa shape index (κ1) is 30.2. The Morgan fingerprint density at radius 3 is 1.48 bits per heavy atom. The second-order valence-corrected chi connectivity index (χ2v) is 8.07. The minimum absolute atomic E-state index is 0.103. The molecule has 0 aliphatic carbocycles. The van der Waals surface area contributed by atoms with E-state index in [1.54, 1.807) is 0 Å². The van der Waals surface area contributed by atoms with Crippen LogP contribution in [0.15, 0.2) is 0 Å². The molecule has 0 rings (SSSR count). The maximum absolute atomic E-state index is 11.4. The molecule has 0 spiro atoms. The van der Waals surface area contributed by atoms with Gasteiger partial charge in [-0.05, 0) is 6.42 Å². The molecular weight excluding hydrogens is 392 g/mol. The van der Waals surface area contributed by atoms with Gasteiger partial charge in [-0.3, -0.25) is 9.26 Å². The molecule has 0 aromatic heterocycles. The van der Waals surface area contributed by atoms with Gasteiger partial charge in [0.1, 0.15) is 12.7 Å². The standard InChI is InChI=1S/C21H42O4.H2O3Si/c1-2-3-4-5-6-7-8-9-10-11-12-13-14-15-16-17-21(24)25-19-20(23)18-22;1-4(2)3/h20,22-23H,2-19H2,1H3;1-2H. The van der Waals surface area contributed by atoms with E-state index in [-0.39, 0.29) is 19.2 Å². The fourth-order valence-electron chi connectivity index (χ4n) is 2.95. The van der Waals surface area contributed by atoms with E-state index in [9.17, 15) is 4.79 Å². The summed E-state index contributed by atoms with van der Waals surface area (Å²) >= 11 is 0. The third-order valence-corrected chi connectivity index (χ3v) is 4.63. The molecule has 0 aromatic rings. The van der Waals surface area contributed by atoms with E-state index < -0.39 is 15.3 Å². The van der Waals surface area contributed by atoms with Crippen molar-refractivity contribution in [3.05, 3.63) is 0 Å². The van der Waals surface area contributed by atoms with Gasteiger partial charge in [0.25, 0.3) is 0 Å². The molecule has 0 saturated carbocycles. The Hall–Kier alpha value is -0.993. The SMILES string of the molecule is CCCCCCCCCCCCCCCCCC(=O)OCC(O)CO.O=[Si](O)O. The van der Waals surface area contributed by atoms with Crippen molar-refractivity contribution in [1.29, 1.82) is 0 Å². The quantitative estimate of drug-likeness (QED) is 0.139. The number of aliphatic hydroxyl groups is 2. The molecule has 8 heteroatoms. The molecule has 1 atom stereocenters. The number of ether oxygens (including phenoxy) is 1. The fraction of sp³-hybridized carbons (Fsp3) is 0.952. The van der Waals surface area contributed by atoms with E-state index in [1.807, 2.05) is 0 Å². The molecule has 0 bridgehead atoms. The van der Waals surface area contributed by atoms with Gasteiger partial charge in [0.05, 0.1) is 6.61 Å². The van der Waals surface area contributed by atoms with Gasteiger partial charge in [-0.25, -0.2) is 0 Å². The number of carbonyl (C=O) groups is 1. The normalized spacial score (nSPS) is 11.4. The molecule has 0 fully saturated rings. The number of carbonyl (C=O) groups excluding carboxylic acids is 1. The maximum Gasteiger partial charge on any atom is 0.761 e. The van der Waals surface area contributed by atoms with E-state index in [0.717, 1.165) is 12.8 Å². The summed E-state index contributed by atoms with van der Waals surface area (Å²) in [6.45, 7) is 1.79. The molecule has 29 heavy (non-hydrogen) atoms. The predicted molar refractivity (Wildman–Crippen MR) is 114 cm³/mol. The highest BCUT2D eigenvalue weighted by Gasteiger charge is 2.07. The van der Waals surface area contributed by atoms with Crippen molar-refractivity contribution in [1.82, 2.24) is 0 Å². The highest BCUT2D eigenvalue weighted by atomic mass is 28.3. The third-order valence-electron chi connectivity index (χ3n) is 4.63. The maximum atomic E-state index is 11.4. The van der Waals surface area contributed by atoms with E-state index in [0.29, 0.717) is 6.42 Å². The zero-order chi connectivity index (χ0) is 22.2. The van der Waals surface area contributed by atoms with Crippen LogP contribution < -0.4 is 0 Å². The Morgan fingerprint density at radius 1 is 0.793 bits per heavy atom. The zero-order valence-electron chi connectivity index (χ0n) is 18.3. The van der Waals surface area contributed by atoms with Crippen LogP contribution in [0.3, 0.4) is 0 Å². The molecule has 7 nitrogen and oxygen atoms in total. The van der Waals surface area contributed by atoms with Crippen LogP contribution in [0.2, 0.25) is 0 Å². The number of rotatable bonds is 19. The summed E-state index contributed by atoms with van der Waals surface area (Å²) < 4.78 is 13.6. The Morgan fingerprint density at radius 2 is 1.14 bits per heavy atom. The Bertz CT molecular complexity index is 363. The second-order valence-electron chi connectivity index (χ2n) is 7.50. The summed E-state index contributed by atoms with van der Waals surface area (Å²) in [6.07, 6.45) is 19.0. The molecule has 0 radical (unpaired) electrons. The lowest BCUT2D eigenvalue weighted by Crippen LogP contribution is -2.21. The largest absolute Gasteiger partial charge is 0.761 e. The van der Waals surface area contributed by atoms with Crippen LogP contribution in [0.1, 0.15) is 110 Å². The minimum Gasteiger partial charge on any atom is -0.511 e. The highest BCUT2D eigenvalue weighted by Crippen LogP contribution is 2.13. The van der Waals surface area contributed by atoms with Crippen LogP contribution in [-0.2, 0) is 14.0 Å². The van der Waals surface area contributed by atoms with Gasteiger partial charge in [-0.15, -0.1) is 0 Å². The summed E-state index contributed by atoms with van der Waals surface area (Å²) in [7, 11) is -3.13. The first-order valence-electron chi connectivity index (χ1n) is 11.3. The van der Waals surface area contributed by atoms with Crippen LogP contribution in [-0.4, -0.2) is 54.3 Å². The van der Waals surface area contributed by atoms with Gasteiger partial charge >= 0.3 is 15.1 Å². The van der Waals surface area contributed by atoms with Gasteiger partial charge in [0, 0.05) is 6.42 Å². The van der Waals surface area contributed by atoms with Gasteiger partial charge < -0.3 is 24.5 Å². The van der Waals surface area contributed by atoms with Crippen molar-refractivity contribution in [3.8, 4) is 0 Å². The third kappa shape index (κ3) is 31.9. The molecule has 0 amide bonds. The van der Waals surface area contributed by atoms with Gasteiger partial charge in [-0.1, -0.05) is 96.8 Å².